The molecule has 0 aromatic carbocycles. The predicted octanol–water partition coefficient (Wildman–Crippen LogP) is 1.15. The molecule has 0 spiro atoms. The highest BCUT2D eigenvalue weighted by molar-refractivity contribution is 5.81. The zero-order chi connectivity index (χ0) is 10.6. The summed E-state index contributed by atoms with van der Waals surface area (Å²) in [5.74, 6) is 1.67. The highest BCUT2D eigenvalue weighted by Gasteiger charge is 2.22. The number of hydrogen-bond acceptors (Lipinski definition) is 2. The Bertz CT molecular complexity index is 194. The van der Waals surface area contributed by atoms with Crippen LogP contribution in [-0.2, 0) is 4.79 Å². The molecule has 1 aliphatic rings. The molecule has 3 atom stereocenters. The number of hydrogen-bond donors (Lipinski definition) is 2. The monoisotopic (exact) mass is 198 g/mol. The van der Waals surface area contributed by atoms with Gasteiger partial charge in [-0.2, -0.15) is 0 Å². The van der Waals surface area contributed by atoms with Crippen LogP contribution in [0.3, 0.4) is 0 Å². The fourth-order valence-corrected chi connectivity index (χ4v) is 2.04. The summed E-state index contributed by atoms with van der Waals surface area (Å²) in [5, 5.41) is 5.93. The van der Waals surface area contributed by atoms with Crippen molar-refractivity contribution < 1.29 is 4.79 Å². The Morgan fingerprint density at radius 2 is 2.21 bits per heavy atom. The average molecular weight is 198 g/mol. The van der Waals surface area contributed by atoms with E-state index in [-0.39, 0.29) is 11.9 Å². The van der Waals surface area contributed by atoms with Gasteiger partial charge in [0.2, 0.25) is 5.91 Å². The number of nitrogens with one attached hydrogen (secondary N) is 2. The Morgan fingerprint density at radius 3 is 2.71 bits per heavy atom. The molecule has 0 bridgehead atoms. The van der Waals surface area contributed by atoms with Gasteiger partial charge in [0.25, 0.3) is 0 Å². The molecule has 0 aliphatic heterocycles. The van der Waals surface area contributed by atoms with E-state index in [0.717, 1.165) is 12.5 Å². The van der Waals surface area contributed by atoms with E-state index in [1.165, 1.54) is 19.3 Å². The van der Waals surface area contributed by atoms with Gasteiger partial charge in [-0.1, -0.05) is 13.3 Å². The van der Waals surface area contributed by atoms with Crippen molar-refractivity contribution in [3.8, 4) is 0 Å². The topological polar surface area (TPSA) is 41.1 Å². The first-order valence-corrected chi connectivity index (χ1v) is 5.58. The Hall–Kier alpha value is -0.570. The second kappa shape index (κ2) is 5.35. The van der Waals surface area contributed by atoms with Crippen LogP contribution in [0.4, 0.5) is 0 Å². The summed E-state index contributed by atoms with van der Waals surface area (Å²) in [5.41, 5.74) is 0. The molecule has 1 fully saturated rings. The molecule has 1 saturated carbocycles. The maximum absolute atomic E-state index is 11.4. The normalized spacial score (nSPS) is 28.8. The first-order valence-electron chi connectivity index (χ1n) is 5.58. The molecule has 1 amide bonds. The molecule has 0 radical (unpaired) electrons. The van der Waals surface area contributed by atoms with E-state index in [0.29, 0.717) is 5.92 Å². The van der Waals surface area contributed by atoms with Crippen LogP contribution >= 0.6 is 0 Å². The van der Waals surface area contributed by atoms with E-state index in [4.69, 9.17) is 0 Å². The van der Waals surface area contributed by atoms with Gasteiger partial charge in [0.15, 0.2) is 0 Å². The molecule has 82 valence electrons. The predicted molar refractivity (Wildman–Crippen MR) is 58.0 cm³/mol. The molecule has 0 aromatic heterocycles. The summed E-state index contributed by atoms with van der Waals surface area (Å²) in [6.45, 7) is 5.03. The van der Waals surface area contributed by atoms with Gasteiger partial charge >= 0.3 is 0 Å². The van der Waals surface area contributed by atoms with Gasteiger partial charge in [-0.3, -0.25) is 4.79 Å². The summed E-state index contributed by atoms with van der Waals surface area (Å²) in [7, 11) is 1.81. The van der Waals surface area contributed by atoms with Crippen molar-refractivity contribution in [1.29, 1.82) is 0 Å². The van der Waals surface area contributed by atoms with E-state index in [2.05, 4.69) is 17.6 Å². The molecule has 3 unspecified atom stereocenters. The fraction of sp³-hybridized carbons (Fsp3) is 0.909. The van der Waals surface area contributed by atoms with Crippen molar-refractivity contribution in [2.45, 2.75) is 39.2 Å². The minimum absolute atomic E-state index is 0.0752. The van der Waals surface area contributed by atoms with E-state index < -0.39 is 0 Å². The zero-order valence-corrected chi connectivity index (χ0v) is 9.47. The highest BCUT2D eigenvalue weighted by Crippen LogP contribution is 2.29. The molecule has 3 nitrogen and oxygen atoms in total. The van der Waals surface area contributed by atoms with E-state index >= 15 is 0 Å². The maximum Gasteiger partial charge on any atom is 0.236 e. The second-order valence-electron chi connectivity index (χ2n) is 4.54. The molecular formula is C11H22N2O. The van der Waals surface area contributed by atoms with Crippen molar-refractivity contribution in [3.63, 3.8) is 0 Å². The molecule has 0 aromatic rings. The van der Waals surface area contributed by atoms with E-state index in [9.17, 15) is 4.79 Å². The molecule has 1 aliphatic carbocycles. The molecule has 3 heteroatoms. The largest absolute Gasteiger partial charge is 0.354 e. The van der Waals surface area contributed by atoms with Crippen LogP contribution in [0.25, 0.3) is 0 Å². The lowest BCUT2D eigenvalue weighted by molar-refractivity contribution is -0.122. The van der Waals surface area contributed by atoms with Crippen LogP contribution in [-0.4, -0.2) is 25.5 Å². The maximum atomic E-state index is 11.4. The molecule has 1 rings (SSSR count). The molecule has 0 saturated heterocycles. The van der Waals surface area contributed by atoms with Gasteiger partial charge in [-0.05, 0) is 38.6 Å². The lowest BCUT2D eigenvalue weighted by atomic mass is 10.1. The number of rotatable bonds is 4. The summed E-state index contributed by atoms with van der Waals surface area (Å²) < 4.78 is 0. The fourth-order valence-electron chi connectivity index (χ4n) is 2.04. The molecule has 2 N–H and O–H groups in total. The third-order valence-corrected chi connectivity index (χ3v) is 3.19. The number of amides is 1. The zero-order valence-electron chi connectivity index (χ0n) is 9.47. The molecule has 14 heavy (non-hydrogen) atoms. The minimum Gasteiger partial charge on any atom is -0.354 e. The van der Waals surface area contributed by atoms with Crippen molar-refractivity contribution in [1.82, 2.24) is 10.6 Å². The third-order valence-electron chi connectivity index (χ3n) is 3.19. The highest BCUT2D eigenvalue weighted by atomic mass is 16.2. The Balaban J connectivity index is 2.17. The van der Waals surface area contributed by atoms with Gasteiger partial charge in [-0.15, -0.1) is 0 Å². The summed E-state index contributed by atoms with van der Waals surface area (Å²) in [6.07, 6.45) is 3.87. The van der Waals surface area contributed by atoms with Crippen LogP contribution in [0, 0.1) is 11.8 Å². The molecule has 0 heterocycles. The van der Waals surface area contributed by atoms with Gasteiger partial charge in [0.05, 0.1) is 6.04 Å². The van der Waals surface area contributed by atoms with Crippen molar-refractivity contribution in [2.75, 3.05) is 13.6 Å². The Kier molecular flexibility index (Phi) is 4.39. The van der Waals surface area contributed by atoms with Crippen LogP contribution in [0.5, 0.6) is 0 Å². The number of carbonyl (C=O) groups excluding carboxylic acids is 1. The summed E-state index contributed by atoms with van der Waals surface area (Å²) in [4.78, 5) is 11.4. The number of carbonyl (C=O) groups is 1. The van der Waals surface area contributed by atoms with Gasteiger partial charge in [0, 0.05) is 6.54 Å². The van der Waals surface area contributed by atoms with Gasteiger partial charge < -0.3 is 10.6 Å². The Morgan fingerprint density at radius 1 is 1.50 bits per heavy atom. The van der Waals surface area contributed by atoms with Gasteiger partial charge in [0.1, 0.15) is 0 Å². The minimum atomic E-state index is -0.0752. The average Bonchev–Trinajstić information content (AvgIpc) is 2.59. The first-order chi connectivity index (χ1) is 6.63. The van der Waals surface area contributed by atoms with E-state index in [1.54, 1.807) is 0 Å². The van der Waals surface area contributed by atoms with E-state index in [1.807, 2.05) is 14.0 Å². The second-order valence-corrected chi connectivity index (χ2v) is 4.54. The quantitative estimate of drug-likeness (QED) is 0.711. The van der Waals surface area contributed by atoms with Crippen LogP contribution in [0.1, 0.15) is 33.1 Å². The Labute approximate surface area is 86.6 Å². The summed E-state index contributed by atoms with van der Waals surface area (Å²) in [6, 6.07) is -0.0752. The van der Waals surface area contributed by atoms with Crippen LogP contribution in [0.2, 0.25) is 0 Å². The first kappa shape index (κ1) is 11.5. The standard InChI is InChI=1S/C11H22N2O/c1-8-4-5-10(6-8)7-13-11(14)9(2)12-3/h8-10,12H,4-7H2,1-3H3,(H,13,14). The van der Waals surface area contributed by atoms with Crippen LogP contribution in [0.15, 0.2) is 0 Å². The third kappa shape index (κ3) is 3.29. The van der Waals surface area contributed by atoms with Crippen molar-refractivity contribution in [3.05, 3.63) is 0 Å². The SMILES string of the molecule is CNC(C)C(=O)NCC1CCC(C)C1. The van der Waals surface area contributed by atoms with Crippen molar-refractivity contribution in [2.24, 2.45) is 11.8 Å². The van der Waals surface area contributed by atoms with Crippen LogP contribution < -0.4 is 10.6 Å². The van der Waals surface area contributed by atoms with Crippen molar-refractivity contribution >= 4 is 5.91 Å². The number of likely N-dealkylation sites (N-methyl/N-ethyl adjacent to an activating group) is 1. The lowest BCUT2D eigenvalue weighted by Gasteiger charge is -2.14. The lowest BCUT2D eigenvalue weighted by Crippen LogP contribution is -2.41. The van der Waals surface area contributed by atoms with Gasteiger partial charge in [-0.25, -0.2) is 0 Å². The molecular weight excluding hydrogens is 176 g/mol. The summed E-state index contributed by atoms with van der Waals surface area (Å²) >= 11 is 0. The smallest absolute Gasteiger partial charge is 0.236 e.